The van der Waals surface area contributed by atoms with E-state index >= 15 is 0 Å². The summed E-state index contributed by atoms with van der Waals surface area (Å²) in [5.41, 5.74) is 3.47. The molecular weight excluding hydrogens is 304 g/mol. The van der Waals surface area contributed by atoms with Crippen molar-refractivity contribution in [1.29, 1.82) is 0 Å². The first-order valence-electron chi connectivity index (χ1n) is 8.44. The van der Waals surface area contributed by atoms with Gasteiger partial charge in [-0.1, -0.05) is 19.1 Å². The summed E-state index contributed by atoms with van der Waals surface area (Å²) in [6.45, 7) is 4.34. The average Bonchev–Trinajstić information content (AvgIpc) is 2.81. The monoisotopic (exact) mass is 324 g/mol. The maximum atomic E-state index is 12.8. The highest BCUT2D eigenvalue weighted by molar-refractivity contribution is 6.21. The lowest BCUT2D eigenvalue weighted by atomic mass is 9.80. The number of phenols is 1. The summed E-state index contributed by atoms with van der Waals surface area (Å²) < 4.78 is 0. The Bertz CT molecular complexity index is 822. The van der Waals surface area contributed by atoms with Crippen LogP contribution in [-0.4, -0.2) is 34.2 Å². The number of hydrogen-bond donors (Lipinski definition) is 1. The number of rotatable bonds is 0. The molecule has 1 fully saturated rings. The molecule has 1 saturated heterocycles. The fraction of sp³-hybridized carbons (Fsp3) is 0.421. The summed E-state index contributed by atoms with van der Waals surface area (Å²) in [7, 11) is 0. The van der Waals surface area contributed by atoms with Gasteiger partial charge in [0, 0.05) is 18.0 Å². The number of carbonyl (C=O) groups is 2. The van der Waals surface area contributed by atoms with Crippen molar-refractivity contribution in [3.8, 4) is 5.75 Å². The third kappa shape index (κ3) is 2.04. The fourth-order valence-corrected chi connectivity index (χ4v) is 3.98. The molecule has 124 valence electrons. The van der Waals surface area contributed by atoms with E-state index in [-0.39, 0.29) is 29.4 Å². The maximum absolute atomic E-state index is 12.8. The molecule has 2 heterocycles. The van der Waals surface area contributed by atoms with Gasteiger partial charge in [-0.25, -0.2) is 0 Å². The van der Waals surface area contributed by atoms with Crippen molar-refractivity contribution in [1.82, 2.24) is 4.90 Å². The van der Waals surface area contributed by atoms with Crippen molar-refractivity contribution in [3.05, 3.63) is 40.5 Å². The summed E-state index contributed by atoms with van der Waals surface area (Å²) in [5, 5.41) is 10.1. The van der Waals surface area contributed by atoms with Gasteiger partial charge in [0.1, 0.15) is 11.6 Å². The molecule has 0 saturated carbocycles. The van der Waals surface area contributed by atoms with E-state index in [2.05, 4.69) is 4.99 Å². The van der Waals surface area contributed by atoms with Gasteiger partial charge in [0.15, 0.2) is 0 Å². The van der Waals surface area contributed by atoms with Crippen molar-refractivity contribution in [2.24, 2.45) is 10.9 Å². The summed E-state index contributed by atoms with van der Waals surface area (Å²) >= 11 is 0. The minimum absolute atomic E-state index is 0.0468. The number of carbonyl (C=O) groups excluding carboxylic acids is 2. The molecule has 0 aromatic heterocycles. The van der Waals surface area contributed by atoms with Crippen LogP contribution in [0.5, 0.6) is 5.75 Å². The van der Waals surface area contributed by atoms with Crippen LogP contribution < -0.4 is 0 Å². The number of amidine groups is 1. The molecule has 5 nitrogen and oxygen atoms in total. The number of fused-ring (bicyclic) bond motifs is 5. The SMILES string of the molecule is Cc1c(O)ccc2c1C1C(=CC2)C(=O)N2CCC[C@H](C)C(=O)N=C12. The van der Waals surface area contributed by atoms with Crippen LogP contribution in [0.3, 0.4) is 0 Å². The lowest BCUT2D eigenvalue weighted by Gasteiger charge is -2.25. The van der Waals surface area contributed by atoms with E-state index in [0.29, 0.717) is 24.4 Å². The zero-order valence-corrected chi connectivity index (χ0v) is 13.9. The van der Waals surface area contributed by atoms with E-state index in [0.717, 1.165) is 29.5 Å². The molecule has 0 bridgehead atoms. The highest BCUT2D eigenvalue weighted by Crippen LogP contribution is 2.44. The van der Waals surface area contributed by atoms with Crippen molar-refractivity contribution in [2.45, 2.75) is 39.0 Å². The Kier molecular flexibility index (Phi) is 3.34. The second-order valence-electron chi connectivity index (χ2n) is 6.89. The van der Waals surface area contributed by atoms with Gasteiger partial charge in [0.25, 0.3) is 5.91 Å². The fourth-order valence-electron chi connectivity index (χ4n) is 3.98. The Morgan fingerprint density at radius 2 is 2.08 bits per heavy atom. The van der Waals surface area contributed by atoms with Gasteiger partial charge in [-0.15, -0.1) is 0 Å². The van der Waals surface area contributed by atoms with Gasteiger partial charge < -0.3 is 5.11 Å². The smallest absolute Gasteiger partial charge is 0.255 e. The second kappa shape index (κ2) is 5.30. The highest BCUT2D eigenvalue weighted by atomic mass is 16.3. The maximum Gasteiger partial charge on any atom is 0.255 e. The molecule has 1 aromatic carbocycles. The molecule has 4 rings (SSSR count). The molecule has 5 heteroatoms. The number of benzene rings is 1. The number of nitrogens with zero attached hydrogens (tertiary/aromatic N) is 2. The first-order valence-corrected chi connectivity index (χ1v) is 8.44. The third-order valence-corrected chi connectivity index (χ3v) is 5.41. The normalized spacial score (nSPS) is 26.0. The summed E-state index contributed by atoms with van der Waals surface area (Å²) in [5.74, 6) is 0.103. The topological polar surface area (TPSA) is 70.0 Å². The number of phenolic OH excluding ortho intramolecular Hbond substituents is 1. The molecule has 2 aliphatic heterocycles. The van der Waals surface area contributed by atoms with Gasteiger partial charge in [-0.3, -0.25) is 14.5 Å². The number of amides is 2. The zero-order chi connectivity index (χ0) is 17.0. The van der Waals surface area contributed by atoms with Crippen molar-refractivity contribution in [2.75, 3.05) is 6.54 Å². The highest BCUT2D eigenvalue weighted by Gasteiger charge is 2.45. The number of allylic oxidation sites excluding steroid dienone is 1. The predicted octanol–water partition coefficient (Wildman–Crippen LogP) is 2.46. The first kappa shape index (κ1) is 15.1. The molecule has 1 aliphatic carbocycles. The van der Waals surface area contributed by atoms with Gasteiger partial charge in [0.05, 0.1) is 5.92 Å². The van der Waals surface area contributed by atoms with Crippen molar-refractivity contribution in [3.63, 3.8) is 0 Å². The second-order valence-corrected chi connectivity index (χ2v) is 6.89. The predicted molar refractivity (Wildman–Crippen MR) is 89.9 cm³/mol. The van der Waals surface area contributed by atoms with Crippen LogP contribution in [0.15, 0.2) is 28.8 Å². The lowest BCUT2D eigenvalue weighted by Crippen LogP contribution is -2.35. The van der Waals surface area contributed by atoms with Gasteiger partial charge >= 0.3 is 0 Å². The lowest BCUT2D eigenvalue weighted by molar-refractivity contribution is -0.123. The third-order valence-electron chi connectivity index (χ3n) is 5.41. The Morgan fingerprint density at radius 1 is 1.29 bits per heavy atom. The molecule has 2 amide bonds. The Labute approximate surface area is 140 Å². The van der Waals surface area contributed by atoms with E-state index in [9.17, 15) is 14.7 Å². The largest absolute Gasteiger partial charge is 0.508 e. The molecule has 3 aliphatic rings. The van der Waals surface area contributed by atoms with E-state index in [1.165, 1.54) is 0 Å². The van der Waals surface area contributed by atoms with Crippen LogP contribution in [0.4, 0.5) is 0 Å². The quantitative estimate of drug-likeness (QED) is 0.797. The molecule has 1 aromatic rings. The molecule has 24 heavy (non-hydrogen) atoms. The molecule has 0 radical (unpaired) electrons. The van der Waals surface area contributed by atoms with E-state index in [4.69, 9.17) is 0 Å². The van der Waals surface area contributed by atoms with E-state index in [1.807, 2.05) is 26.0 Å². The standard InChI is InChI=1S/C19H20N2O3/c1-10-4-3-9-21-17(20-18(10)23)16-13(19(21)24)7-5-12-6-8-14(22)11(2)15(12)16/h6-8,10,16,22H,3-5,9H2,1-2H3/t10-,16?/m0/s1. The van der Waals surface area contributed by atoms with Gasteiger partial charge in [-0.2, -0.15) is 4.99 Å². The summed E-state index contributed by atoms with van der Waals surface area (Å²) in [6, 6.07) is 3.58. The Balaban J connectivity index is 1.93. The summed E-state index contributed by atoms with van der Waals surface area (Å²) in [4.78, 5) is 31.2. The number of hydrogen-bond acceptors (Lipinski definition) is 3. The van der Waals surface area contributed by atoms with E-state index in [1.54, 1.807) is 11.0 Å². The molecule has 1 unspecified atom stereocenters. The van der Waals surface area contributed by atoms with Crippen molar-refractivity contribution < 1.29 is 14.7 Å². The van der Waals surface area contributed by atoms with Crippen LogP contribution in [0.2, 0.25) is 0 Å². The van der Waals surface area contributed by atoms with Crippen molar-refractivity contribution >= 4 is 17.6 Å². The average molecular weight is 324 g/mol. The molecule has 2 atom stereocenters. The van der Waals surface area contributed by atoms with Gasteiger partial charge in [-0.05, 0) is 48.9 Å². The molecular formula is C19H20N2O3. The minimum atomic E-state index is -0.331. The minimum Gasteiger partial charge on any atom is -0.508 e. The summed E-state index contributed by atoms with van der Waals surface area (Å²) in [6.07, 6.45) is 4.16. The first-order chi connectivity index (χ1) is 11.5. The molecule has 0 spiro atoms. The zero-order valence-electron chi connectivity index (χ0n) is 13.9. The van der Waals surface area contributed by atoms with Crippen LogP contribution in [0, 0.1) is 12.8 Å². The van der Waals surface area contributed by atoms with Crippen LogP contribution in [0.25, 0.3) is 0 Å². The Hall–Kier alpha value is -2.43. The van der Waals surface area contributed by atoms with Crippen LogP contribution in [0.1, 0.15) is 42.4 Å². The van der Waals surface area contributed by atoms with Crippen LogP contribution >= 0.6 is 0 Å². The number of aliphatic imine (C=N–C) groups is 1. The van der Waals surface area contributed by atoms with Crippen LogP contribution in [-0.2, 0) is 16.0 Å². The van der Waals surface area contributed by atoms with Gasteiger partial charge in [0.2, 0.25) is 5.91 Å². The Morgan fingerprint density at radius 3 is 2.88 bits per heavy atom. The number of aromatic hydroxyl groups is 1. The van der Waals surface area contributed by atoms with E-state index < -0.39 is 0 Å². The molecule has 1 N–H and O–H groups in total.